The third-order valence-corrected chi connectivity index (χ3v) is 10.2. The Kier molecular flexibility index (Phi) is 7.54. The molecule has 0 radical (unpaired) electrons. The molecular formula is C31H37ClN7O2P. The molecular weight excluding hydrogens is 569 g/mol. The second-order valence-electron chi connectivity index (χ2n) is 12.0. The maximum Gasteiger partial charge on any atom is 0.229 e. The third-order valence-electron chi connectivity index (χ3n) is 8.42. The fraction of sp³-hybridized carbons (Fsp3) is 0.387. The molecule has 11 heteroatoms. The highest BCUT2D eigenvalue weighted by Crippen LogP contribution is 2.43. The Labute approximate surface area is 252 Å². The first-order valence-electron chi connectivity index (χ1n) is 14.2. The molecule has 0 saturated carbocycles. The van der Waals surface area contributed by atoms with Gasteiger partial charge in [0.1, 0.15) is 17.9 Å². The fourth-order valence-electron chi connectivity index (χ4n) is 6.46. The second kappa shape index (κ2) is 11.0. The Morgan fingerprint density at radius 3 is 2.50 bits per heavy atom. The van der Waals surface area contributed by atoms with Crippen LogP contribution in [0.5, 0.6) is 5.75 Å². The normalized spacial score (nSPS) is 16.9. The van der Waals surface area contributed by atoms with Gasteiger partial charge in [-0.15, -0.1) is 0 Å². The summed E-state index contributed by atoms with van der Waals surface area (Å²) < 4.78 is 19.2. The zero-order valence-electron chi connectivity index (χ0n) is 24.7. The highest BCUT2D eigenvalue weighted by Gasteiger charge is 2.43. The van der Waals surface area contributed by atoms with E-state index >= 15 is 0 Å². The summed E-state index contributed by atoms with van der Waals surface area (Å²) in [5.74, 6) is 1.47. The van der Waals surface area contributed by atoms with Crippen LogP contribution in [0, 0.1) is 12.3 Å². The molecule has 2 aliphatic heterocycles. The van der Waals surface area contributed by atoms with E-state index < -0.39 is 7.14 Å². The summed E-state index contributed by atoms with van der Waals surface area (Å²) in [5, 5.41) is 8.54. The van der Waals surface area contributed by atoms with Crippen molar-refractivity contribution >= 4 is 63.8 Å². The Bertz CT molecular complexity index is 1690. The highest BCUT2D eigenvalue weighted by atomic mass is 35.5. The predicted molar refractivity (Wildman–Crippen MR) is 174 cm³/mol. The summed E-state index contributed by atoms with van der Waals surface area (Å²) in [7, 11) is 1.17. The van der Waals surface area contributed by atoms with Gasteiger partial charge in [0, 0.05) is 49.5 Å². The number of nitrogens with one attached hydrogen (secondary N) is 2. The van der Waals surface area contributed by atoms with Crippen LogP contribution in [0.3, 0.4) is 0 Å². The molecule has 1 spiro atoms. The van der Waals surface area contributed by atoms with Crippen molar-refractivity contribution in [3.05, 3.63) is 59.4 Å². The summed E-state index contributed by atoms with van der Waals surface area (Å²) in [6.07, 6.45) is 5.69. The minimum Gasteiger partial charge on any atom is -0.494 e. The predicted octanol–water partition coefficient (Wildman–Crippen LogP) is 6.26. The van der Waals surface area contributed by atoms with Crippen LogP contribution in [0.15, 0.2) is 48.8 Å². The molecule has 9 nitrogen and oxygen atoms in total. The number of hydrogen-bond acceptors (Lipinski definition) is 9. The first-order chi connectivity index (χ1) is 20.0. The average Bonchev–Trinajstić information content (AvgIpc) is 2.94. The zero-order valence-corrected chi connectivity index (χ0v) is 26.4. The standard InChI is InChI=1S/C31H37ClN7O2P/c1-20-15-24(26(41-3)16-25(20)39-13-10-31(11-14-39)18-38(2)19-31)36-30-34-17-22(32)29(37-30)35-23-9-8-21-7-6-12-33-27(21)28(23)42(4,5)40/h6-9,12,15-17H,10-11,13-14,18-19H2,1-5H3,(H2,34,35,36,37). The second-order valence-corrected chi connectivity index (χ2v) is 15.6. The van der Waals surface area contributed by atoms with Crippen molar-refractivity contribution < 1.29 is 9.30 Å². The number of aryl methyl sites for hydroxylation is 1. The minimum absolute atomic E-state index is 0.341. The molecule has 2 aromatic carbocycles. The Balaban J connectivity index is 1.26. The maximum absolute atomic E-state index is 13.4. The number of fused-ring (bicyclic) bond motifs is 1. The number of anilines is 5. The number of rotatable bonds is 7. The van der Waals surface area contributed by atoms with Gasteiger partial charge in [-0.25, -0.2) is 4.98 Å². The van der Waals surface area contributed by atoms with Gasteiger partial charge in [0.15, 0.2) is 5.82 Å². The molecule has 0 atom stereocenters. The lowest BCUT2D eigenvalue weighted by Crippen LogP contribution is -2.58. The number of halogens is 1. The Hall–Kier alpha value is -3.39. The van der Waals surface area contributed by atoms with Crippen molar-refractivity contribution in [2.75, 3.05) is 69.2 Å². The molecule has 2 saturated heterocycles. The van der Waals surface area contributed by atoms with Crippen molar-refractivity contribution in [3.63, 3.8) is 0 Å². The van der Waals surface area contributed by atoms with Gasteiger partial charge < -0.3 is 29.7 Å². The number of likely N-dealkylation sites (tertiary alicyclic amines) is 1. The van der Waals surface area contributed by atoms with E-state index in [-0.39, 0.29) is 0 Å². The largest absolute Gasteiger partial charge is 0.494 e. The monoisotopic (exact) mass is 605 g/mol. The summed E-state index contributed by atoms with van der Waals surface area (Å²) in [5.41, 5.74) is 4.96. The van der Waals surface area contributed by atoms with Gasteiger partial charge in [0.25, 0.3) is 0 Å². The molecule has 42 heavy (non-hydrogen) atoms. The summed E-state index contributed by atoms with van der Waals surface area (Å²) >= 11 is 6.53. The molecule has 4 aromatic rings. The van der Waals surface area contributed by atoms with Crippen LogP contribution in [0.2, 0.25) is 5.02 Å². The summed E-state index contributed by atoms with van der Waals surface area (Å²) in [4.78, 5) is 18.5. The van der Waals surface area contributed by atoms with Crippen molar-refractivity contribution in [1.29, 1.82) is 0 Å². The van der Waals surface area contributed by atoms with Crippen LogP contribution >= 0.6 is 18.7 Å². The van der Waals surface area contributed by atoms with Gasteiger partial charge in [-0.05, 0) is 69.3 Å². The topological polar surface area (TPSA) is 95.5 Å². The first kappa shape index (κ1) is 28.7. The van der Waals surface area contributed by atoms with Crippen molar-refractivity contribution in [2.45, 2.75) is 19.8 Å². The molecule has 6 rings (SSSR count). The number of nitrogens with zero attached hydrogens (tertiary/aromatic N) is 5. The van der Waals surface area contributed by atoms with Gasteiger partial charge in [0.05, 0.1) is 35.5 Å². The van der Waals surface area contributed by atoms with E-state index in [4.69, 9.17) is 16.3 Å². The van der Waals surface area contributed by atoms with Gasteiger partial charge in [-0.3, -0.25) is 4.98 Å². The quantitative estimate of drug-likeness (QED) is 0.237. The van der Waals surface area contributed by atoms with Crippen LogP contribution in [-0.2, 0) is 4.57 Å². The maximum atomic E-state index is 13.4. The van der Waals surface area contributed by atoms with Crippen LogP contribution in [0.4, 0.5) is 28.8 Å². The molecule has 0 bridgehead atoms. The molecule has 4 heterocycles. The van der Waals surface area contributed by atoms with E-state index in [1.807, 2.05) is 24.3 Å². The number of aromatic nitrogens is 3. The third kappa shape index (κ3) is 5.53. The number of ether oxygens (including phenoxy) is 1. The molecule has 2 aromatic heterocycles. The summed E-state index contributed by atoms with van der Waals surface area (Å²) in [6, 6.07) is 11.8. The van der Waals surface area contributed by atoms with E-state index in [0.717, 1.165) is 29.7 Å². The smallest absolute Gasteiger partial charge is 0.229 e. The lowest BCUT2D eigenvalue weighted by atomic mass is 9.72. The van der Waals surface area contributed by atoms with Gasteiger partial charge in [0.2, 0.25) is 5.95 Å². The molecule has 0 amide bonds. The average molecular weight is 606 g/mol. The van der Waals surface area contributed by atoms with E-state index in [0.29, 0.717) is 44.5 Å². The molecule has 0 unspecified atom stereocenters. The first-order valence-corrected chi connectivity index (χ1v) is 17.2. The van der Waals surface area contributed by atoms with Crippen molar-refractivity contribution in [2.24, 2.45) is 5.41 Å². The molecule has 0 aliphatic carbocycles. The lowest BCUT2D eigenvalue weighted by molar-refractivity contribution is 0.00130. The number of methoxy groups -OCH3 is 1. The number of hydrogen-bond donors (Lipinski definition) is 2. The highest BCUT2D eigenvalue weighted by molar-refractivity contribution is 7.71. The number of piperidine rings is 1. The fourth-order valence-corrected chi connectivity index (χ4v) is 8.01. The molecule has 2 fully saturated rings. The van der Waals surface area contributed by atoms with Gasteiger partial charge >= 0.3 is 0 Å². The SMILES string of the molecule is COc1cc(N2CCC3(CC2)CN(C)C3)c(C)cc1Nc1ncc(Cl)c(Nc2ccc3cccnc3c2P(C)(C)=O)n1. The Morgan fingerprint density at radius 2 is 1.81 bits per heavy atom. The van der Waals surface area contributed by atoms with E-state index in [9.17, 15) is 4.57 Å². The molecule has 2 aliphatic rings. The van der Waals surface area contributed by atoms with Crippen LogP contribution in [0.25, 0.3) is 10.9 Å². The minimum atomic E-state index is -2.71. The molecule has 2 N–H and O–H groups in total. The zero-order chi connectivity index (χ0) is 29.6. The molecule has 220 valence electrons. The van der Waals surface area contributed by atoms with Crippen LogP contribution in [-0.4, -0.2) is 73.5 Å². The number of benzene rings is 2. The van der Waals surface area contributed by atoms with E-state index in [1.165, 1.54) is 31.6 Å². The van der Waals surface area contributed by atoms with Crippen LogP contribution in [0.1, 0.15) is 18.4 Å². The van der Waals surface area contributed by atoms with E-state index in [1.54, 1.807) is 32.8 Å². The van der Waals surface area contributed by atoms with Gasteiger partial charge in [-0.2, -0.15) is 4.98 Å². The lowest BCUT2D eigenvalue weighted by Gasteiger charge is -2.53. The van der Waals surface area contributed by atoms with E-state index in [2.05, 4.69) is 61.5 Å². The van der Waals surface area contributed by atoms with Crippen molar-refractivity contribution in [1.82, 2.24) is 19.9 Å². The van der Waals surface area contributed by atoms with Crippen molar-refractivity contribution in [3.8, 4) is 5.75 Å². The van der Waals surface area contributed by atoms with Gasteiger partial charge in [-0.1, -0.05) is 23.7 Å². The van der Waals surface area contributed by atoms with Crippen LogP contribution < -0.4 is 25.6 Å². The Morgan fingerprint density at radius 1 is 1.05 bits per heavy atom. The summed E-state index contributed by atoms with van der Waals surface area (Å²) in [6.45, 7) is 10.1. The number of pyridine rings is 1.